The van der Waals surface area contributed by atoms with Crippen molar-refractivity contribution in [2.75, 3.05) is 5.32 Å². The number of sulfone groups is 1. The molecular formula is C23H19NO4S. The first-order chi connectivity index (χ1) is 13.8. The lowest BCUT2D eigenvalue weighted by Gasteiger charge is -2.19. The second kappa shape index (κ2) is 6.97. The number of anilines is 1. The third-order valence-corrected chi connectivity index (χ3v) is 6.88. The Hall–Kier alpha value is -3.25. The second-order valence-electron chi connectivity index (χ2n) is 7.24. The van der Waals surface area contributed by atoms with E-state index in [1.54, 1.807) is 12.1 Å². The summed E-state index contributed by atoms with van der Waals surface area (Å²) in [6.07, 6.45) is 0. The quantitative estimate of drug-likeness (QED) is 0.546. The minimum Gasteiger partial charge on any atom is -0.322 e. The topological polar surface area (TPSA) is 80.3 Å². The van der Waals surface area contributed by atoms with Crippen LogP contribution in [0.15, 0.2) is 76.5 Å². The molecule has 1 N–H and O–H groups in total. The largest absolute Gasteiger partial charge is 0.322 e. The molecule has 1 amide bonds. The normalized spacial score (nSPS) is 14.2. The van der Waals surface area contributed by atoms with E-state index < -0.39 is 15.7 Å². The van der Waals surface area contributed by atoms with Crippen LogP contribution in [0.3, 0.4) is 0 Å². The molecule has 0 aromatic heterocycles. The Bertz CT molecular complexity index is 1260. The fourth-order valence-electron chi connectivity index (χ4n) is 3.53. The predicted molar refractivity (Wildman–Crippen MR) is 110 cm³/mol. The van der Waals surface area contributed by atoms with Crippen LogP contribution in [0.1, 0.15) is 51.6 Å². The van der Waals surface area contributed by atoms with Crippen molar-refractivity contribution in [3.8, 4) is 0 Å². The smallest absolute Gasteiger partial charge is 0.255 e. The molecule has 0 saturated carbocycles. The Kier molecular flexibility index (Phi) is 4.59. The van der Waals surface area contributed by atoms with Gasteiger partial charge < -0.3 is 5.32 Å². The number of hydrogen-bond donors (Lipinski definition) is 1. The average molecular weight is 405 g/mol. The van der Waals surface area contributed by atoms with Crippen LogP contribution < -0.4 is 5.32 Å². The van der Waals surface area contributed by atoms with Gasteiger partial charge in [0.25, 0.3) is 5.91 Å². The van der Waals surface area contributed by atoms with Crippen molar-refractivity contribution in [3.05, 3.63) is 89.0 Å². The summed E-state index contributed by atoms with van der Waals surface area (Å²) in [7, 11) is -3.89. The summed E-state index contributed by atoms with van der Waals surface area (Å²) in [5.74, 6) is -0.575. The van der Waals surface area contributed by atoms with Gasteiger partial charge in [0, 0.05) is 22.4 Å². The molecule has 0 bridgehead atoms. The molecule has 29 heavy (non-hydrogen) atoms. The number of ketones is 1. The standard InChI is InChI=1S/C23H19NO4S/c1-14(2)16-7-3-5-9-19(16)24-23(26)15-11-12-18-21(13-15)29(27,28)20-10-6-4-8-17(20)22(18)25/h3-14H,1-2H3,(H,24,26). The van der Waals surface area contributed by atoms with Crippen molar-refractivity contribution in [1.29, 1.82) is 0 Å². The van der Waals surface area contributed by atoms with E-state index in [-0.39, 0.29) is 38.2 Å². The number of hydrogen-bond acceptors (Lipinski definition) is 4. The van der Waals surface area contributed by atoms with Gasteiger partial charge in [-0.3, -0.25) is 9.59 Å². The van der Waals surface area contributed by atoms with Crippen LogP contribution >= 0.6 is 0 Å². The van der Waals surface area contributed by atoms with Gasteiger partial charge in [0.1, 0.15) is 0 Å². The number of fused-ring (bicyclic) bond motifs is 2. The molecule has 1 aliphatic heterocycles. The molecule has 5 nitrogen and oxygen atoms in total. The molecule has 0 saturated heterocycles. The summed E-state index contributed by atoms with van der Waals surface area (Å²) in [5.41, 5.74) is 2.08. The third-order valence-electron chi connectivity index (χ3n) is 5.03. The summed E-state index contributed by atoms with van der Waals surface area (Å²) in [4.78, 5) is 25.4. The zero-order valence-corrected chi connectivity index (χ0v) is 16.8. The highest BCUT2D eigenvalue weighted by Crippen LogP contribution is 2.35. The zero-order chi connectivity index (χ0) is 20.8. The molecule has 3 aromatic carbocycles. The van der Waals surface area contributed by atoms with E-state index in [4.69, 9.17) is 0 Å². The first-order valence-corrected chi connectivity index (χ1v) is 10.7. The Labute approximate surface area is 169 Å². The highest BCUT2D eigenvalue weighted by molar-refractivity contribution is 7.91. The number of para-hydroxylation sites is 1. The summed E-state index contributed by atoms with van der Waals surface area (Å²) < 4.78 is 26.1. The number of rotatable bonds is 3. The fourth-order valence-corrected chi connectivity index (χ4v) is 5.21. The van der Waals surface area contributed by atoms with E-state index in [1.165, 1.54) is 30.3 Å². The maximum atomic E-state index is 13.0. The lowest BCUT2D eigenvalue weighted by Crippen LogP contribution is -2.21. The van der Waals surface area contributed by atoms with Gasteiger partial charge in [0.2, 0.25) is 9.84 Å². The van der Waals surface area contributed by atoms with Crippen molar-refractivity contribution in [3.63, 3.8) is 0 Å². The maximum Gasteiger partial charge on any atom is 0.255 e. The number of carbonyl (C=O) groups excluding carboxylic acids is 2. The van der Waals surface area contributed by atoms with E-state index in [2.05, 4.69) is 5.32 Å². The Morgan fingerprint density at radius 3 is 2.28 bits per heavy atom. The van der Waals surface area contributed by atoms with Crippen LogP contribution in [0, 0.1) is 0 Å². The number of benzene rings is 3. The Morgan fingerprint density at radius 2 is 1.52 bits per heavy atom. The molecule has 0 spiro atoms. The molecule has 4 rings (SSSR count). The first-order valence-electron chi connectivity index (χ1n) is 9.24. The van der Waals surface area contributed by atoms with Crippen molar-refractivity contribution < 1.29 is 18.0 Å². The van der Waals surface area contributed by atoms with Gasteiger partial charge in [-0.25, -0.2) is 8.42 Å². The van der Waals surface area contributed by atoms with Crippen LogP contribution in [-0.2, 0) is 9.84 Å². The van der Waals surface area contributed by atoms with E-state index >= 15 is 0 Å². The summed E-state index contributed by atoms with van der Waals surface area (Å²) in [5, 5.41) is 2.85. The molecule has 1 heterocycles. The molecule has 0 unspecified atom stereocenters. The number of nitrogens with one attached hydrogen (secondary N) is 1. The second-order valence-corrected chi connectivity index (χ2v) is 9.12. The van der Waals surface area contributed by atoms with Gasteiger partial charge in [-0.05, 0) is 47.9 Å². The molecule has 146 valence electrons. The van der Waals surface area contributed by atoms with Crippen molar-refractivity contribution >= 4 is 27.2 Å². The minimum atomic E-state index is -3.89. The highest BCUT2D eigenvalue weighted by atomic mass is 32.2. The maximum absolute atomic E-state index is 13.0. The first kappa shape index (κ1) is 19.1. The summed E-state index contributed by atoms with van der Waals surface area (Å²) in [6.45, 7) is 4.05. The minimum absolute atomic E-state index is 0.0276. The van der Waals surface area contributed by atoms with E-state index in [0.29, 0.717) is 5.69 Å². The summed E-state index contributed by atoms with van der Waals surface area (Å²) >= 11 is 0. The predicted octanol–water partition coefficient (Wildman–Crippen LogP) is 4.44. The monoisotopic (exact) mass is 405 g/mol. The summed E-state index contributed by atoms with van der Waals surface area (Å²) in [6, 6.07) is 17.8. The van der Waals surface area contributed by atoms with Crippen LogP contribution in [0.25, 0.3) is 0 Å². The van der Waals surface area contributed by atoms with Crippen LogP contribution in [0.5, 0.6) is 0 Å². The molecule has 1 aliphatic rings. The van der Waals surface area contributed by atoms with Crippen LogP contribution in [0.4, 0.5) is 5.69 Å². The SMILES string of the molecule is CC(C)c1ccccc1NC(=O)c1ccc2c(c1)S(=O)(=O)c1ccccc1C2=O. The van der Waals surface area contributed by atoms with Crippen molar-refractivity contribution in [1.82, 2.24) is 0 Å². The Balaban J connectivity index is 1.75. The van der Waals surface area contributed by atoms with Gasteiger partial charge >= 0.3 is 0 Å². The fraction of sp³-hybridized carbons (Fsp3) is 0.130. The third kappa shape index (κ3) is 3.15. The van der Waals surface area contributed by atoms with E-state index in [1.807, 2.05) is 38.1 Å². The van der Waals surface area contributed by atoms with Crippen LogP contribution in [-0.4, -0.2) is 20.1 Å². The number of amides is 1. The van der Waals surface area contributed by atoms with E-state index in [9.17, 15) is 18.0 Å². The van der Waals surface area contributed by atoms with Crippen molar-refractivity contribution in [2.45, 2.75) is 29.6 Å². The molecule has 3 aromatic rings. The van der Waals surface area contributed by atoms with Gasteiger partial charge in [-0.2, -0.15) is 0 Å². The molecule has 6 heteroatoms. The number of carbonyl (C=O) groups is 2. The Morgan fingerprint density at radius 1 is 0.862 bits per heavy atom. The zero-order valence-electron chi connectivity index (χ0n) is 16.0. The van der Waals surface area contributed by atoms with Gasteiger partial charge in [-0.1, -0.05) is 44.2 Å². The van der Waals surface area contributed by atoms with Gasteiger partial charge in [-0.15, -0.1) is 0 Å². The lowest BCUT2D eigenvalue weighted by molar-refractivity contribution is 0.101. The van der Waals surface area contributed by atoms with Gasteiger partial charge in [0.15, 0.2) is 5.78 Å². The molecule has 0 fully saturated rings. The molecule has 0 aliphatic carbocycles. The van der Waals surface area contributed by atoms with Gasteiger partial charge in [0.05, 0.1) is 9.79 Å². The lowest BCUT2D eigenvalue weighted by atomic mass is 10.00. The van der Waals surface area contributed by atoms with E-state index in [0.717, 1.165) is 5.56 Å². The molecular weight excluding hydrogens is 386 g/mol. The van der Waals surface area contributed by atoms with Crippen LogP contribution in [0.2, 0.25) is 0 Å². The highest BCUT2D eigenvalue weighted by Gasteiger charge is 2.35. The molecule has 0 radical (unpaired) electrons. The molecule has 0 atom stereocenters. The average Bonchev–Trinajstić information content (AvgIpc) is 2.72. The van der Waals surface area contributed by atoms with Crippen molar-refractivity contribution in [2.24, 2.45) is 0 Å².